The minimum Gasteiger partial charge on any atom is -0.335 e. The van der Waals surface area contributed by atoms with E-state index in [2.05, 4.69) is 14.5 Å². The van der Waals surface area contributed by atoms with Crippen molar-refractivity contribution in [2.75, 3.05) is 13.1 Å². The first-order valence-corrected chi connectivity index (χ1v) is 8.27. The smallest absolute Gasteiger partial charge is 0.272 e. The Balaban J connectivity index is 1.57. The van der Waals surface area contributed by atoms with Crippen molar-refractivity contribution in [3.8, 4) is 5.69 Å². The molecule has 0 radical (unpaired) electrons. The summed E-state index contributed by atoms with van der Waals surface area (Å²) in [4.78, 5) is 23.1. The summed E-state index contributed by atoms with van der Waals surface area (Å²) in [5, 5.41) is 0. The first-order chi connectivity index (χ1) is 12.2. The molecule has 1 amide bonds. The molecule has 1 fully saturated rings. The van der Waals surface area contributed by atoms with Crippen molar-refractivity contribution in [1.82, 2.24) is 24.0 Å². The monoisotopic (exact) mass is 339 g/mol. The molecule has 6 nitrogen and oxygen atoms in total. The maximum absolute atomic E-state index is 13.1. The van der Waals surface area contributed by atoms with E-state index in [0.717, 1.165) is 19.4 Å². The third-order valence-corrected chi connectivity index (χ3v) is 4.59. The number of amides is 1. The molecule has 0 N–H and O–H groups in total. The molecule has 2 aromatic heterocycles. The average molecular weight is 339 g/mol. The summed E-state index contributed by atoms with van der Waals surface area (Å²) >= 11 is 0. The van der Waals surface area contributed by atoms with Crippen molar-refractivity contribution in [1.29, 1.82) is 0 Å². The molecule has 1 atom stereocenters. The molecule has 1 aromatic carbocycles. The summed E-state index contributed by atoms with van der Waals surface area (Å²) in [6.45, 7) is 1.36. The predicted octanol–water partition coefficient (Wildman–Crippen LogP) is 2.69. The summed E-state index contributed by atoms with van der Waals surface area (Å²) in [5.74, 6) is -0.373. The van der Waals surface area contributed by atoms with E-state index in [9.17, 15) is 9.18 Å². The van der Waals surface area contributed by atoms with Crippen LogP contribution >= 0.6 is 0 Å². The van der Waals surface area contributed by atoms with Gasteiger partial charge in [0.05, 0.1) is 24.9 Å². The normalized spacial score (nSPS) is 17.6. The first kappa shape index (κ1) is 15.6. The van der Waals surface area contributed by atoms with Gasteiger partial charge in [0.15, 0.2) is 0 Å². The van der Waals surface area contributed by atoms with Crippen LogP contribution in [0.3, 0.4) is 0 Å². The number of rotatable bonds is 3. The number of aromatic nitrogens is 4. The number of piperidine rings is 1. The number of hydrogen-bond donors (Lipinski definition) is 0. The molecule has 4 rings (SSSR count). The van der Waals surface area contributed by atoms with Gasteiger partial charge in [0.1, 0.15) is 11.5 Å². The van der Waals surface area contributed by atoms with Crippen LogP contribution in [0, 0.1) is 5.82 Å². The number of imidazole rings is 2. The largest absolute Gasteiger partial charge is 0.335 e. The van der Waals surface area contributed by atoms with E-state index >= 15 is 0 Å². The van der Waals surface area contributed by atoms with E-state index in [1.165, 1.54) is 12.1 Å². The lowest BCUT2D eigenvalue weighted by Crippen LogP contribution is -2.41. The maximum Gasteiger partial charge on any atom is 0.272 e. The zero-order chi connectivity index (χ0) is 17.2. The van der Waals surface area contributed by atoms with Crippen LogP contribution in [0.5, 0.6) is 0 Å². The van der Waals surface area contributed by atoms with Crippen LogP contribution in [0.2, 0.25) is 0 Å². The number of nitrogens with zero attached hydrogens (tertiary/aromatic N) is 5. The van der Waals surface area contributed by atoms with Gasteiger partial charge in [-0.2, -0.15) is 0 Å². The molecule has 1 saturated heterocycles. The Kier molecular flexibility index (Phi) is 4.05. The molecular weight excluding hydrogens is 321 g/mol. The van der Waals surface area contributed by atoms with Gasteiger partial charge in [-0.3, -0.25) is 9.36 Å². The number of hydrogen-bond acceptors (Lipinski definition) is 3. The third-order valence-electron chi connectivity index (χ3n) is 4.59. The number of benzene rings is 1. The van der Waals surface area contributed by atoms with Gasteiger partial charge in [-0.25, -0.2) is 14.4 Å². The lowest BCUT2D eigenvalue weighted by atomic mass is 10.1. The second kappa shape index (κ2) is 6.51. The van der Waals surface area contributed by atoms with E-state index in [4.69, 9.17) is 0 Å². The number of carbonyl (C=O) groups is 1. The van der Waals surface area contributed by atoms with Gasteiger partial charge in [-0.1, -0.05) is 0 Å². The Morgan fingerprint density at radius 1 is 1.16 bits per heavy atom. The van der Waals surface area contributed by atoms with Gasteiger partial charge in [-0.05, 0) is 37.1 Å². The van der Waals surface area contributed by atoms with Crippen LogP contribution in [0.25, 0.3) is 5.69 Å². The van der Waals surface area contributed by atoms with Crippen LogP contribution in [0.1, 0.15) is 29.4 Å². The zero-order valence-electron chi connectivity index (χ0n) is 13.6. The third kappa shape index (κ3) is 3.05. The minimum absolute atomic E-state index is 0.0633. The van der Waals surface area contributed by atoms with Gasteiger partial charge in [0.25, 0.3) is 5.91 Å². The molecule has 0 saturated carbocycles. The Morgan fingerprint density at radius 2 is 2.00 bits per heavy atom. The molecule has 128 valence electrons. The van der Waals surface area contributed by atoms with E-state index < -0.39 is 0 Å². The molecule has 1 aliphatic rings. The summed E-state index contributed by atoms with van der Waals surface area (Å²) in [6, 6.07) is 6.26. The molecule has 0 bridgehead atoms. The van der Waals surface area contributed by atoms with Crippen molar-refractivity contribution < 1.29 is 9.18 Å². The Bertz CT molecular complexity index is 856. The SMILES string of the molecule is O=C(c1cncn1-c1ccc(F)cc1)N1CCC[C@@H](n2ccnc2)C1. The van der Waals surface area contributed by atoms with Crippen LogP contribution in [-0.2, 0) is 0 Å². The highest BCUT2D eigenvalue weighted by Crippen LogP contribution is 2.23. The topological polar surface area (TPSA) is 56.0 Å². The van der Waals surface area contributed by atoms with Crippen molar-refractivity contribution in [2.24, 2.45) is 0 Å². The molecule has 0 spiro atoms. The summed E-state index contributed by atoms with van der Waals surface area (Å²) in [7, 11) is 0. The van der Waals surface area contributed by atoms with Crippen LogP contribution in [-0.4, -0.2) is 43.0 Å². The molecule has 25 heavy (non-hydrogen) atoms. The average Bonchev–Trinajstić information content (AvgIpc) is 3.34. The van der Waals surface area contributed by atoms with Gasteiger partial charge >= 0.3 is 0 Å². The minimum atomic E-state index is -0.309. The second-order valence-electron chi connectivity index (χ2n) is 6.18. The molecule has 3 heterocycles. The predicted molar refractivity (Wildman–Crippen MR) is 89.9 cm³/mol. The lowest BCUT2D eigenvalue weighted by molar-refractivity contribution is 0.0671. The van der Waals surface area contributed by atoms with Crippen molar-refractivity contribution in [3.05, 3.63) is 67.0 Å². The van der Waals surface area contributed by atoms with Crippen LogP contribution in [0.4, 0.5) is 4.39 Å². The van der Waals surface area contributed by atoms with E-state index in [0.29, 0.717) is 17.9 Å². The van der Waals surface area contributed by atoms with Gasteiger partial charge < -0.3 is 9.47 Å². The molecule has 3 aromatic rings. The van der Waals surface area contributed by atoms with Gasteiger partial charge in [0.2, 0.25) is 0 Å². The van der Waals surface area contributed by atoms with E-state index in [1.807, 2.05) is 11.1 Å². The highest BCUT2D eigenvalue weighted by molar-refractivity contribution is 5.93. The zero-order valence-corrected chi connectivity index (χ0v) is 13.6. The number of carbonyl (C=O) groups excluding carboxylic acids is 1. The summed E-state index contributed by atoms with van der Waals surface area (Å²) in [5.41, 5.74) is 1.20. The molecule has 0 aliphatic carbocycles. The summed E-state index contributed by atoms with van der Waals surface area (Å²) < 4.78 is 16.9. The molecule has 0 unspecified atom stereocenters. The number of likely N-dealkylation sites (tertiary alicyclic amines) is 1. The highest BCUT2D eigenvalue weighted by Gasteiger charge is 2.27. The Morgan fingerprint density at radius 3 is 2.76 bits per heavy atom. The Hall–Kier alpha value is -2.96. The summed E-state index contributed by atoms with van der Waals surface area (Å²) in [6.07, 6.45) is 10.6. The fourth-order valence-electron chi connectivity index (χ4n) is 3.29. The van der Waals surface area contributed by atoms with Gasteiger partial charge in [-0.15, -0.1) is 0 Å². The van der Waals surface area contributed by atoms with Crippen molar-refractivity contribution >= 4 is 5.91 Å². The Labute approximate surface area is 144 Å². The van der Waals surface area contributed by atoms with E-state index in [-0.39, 0.29) is 17.8 Å². The second-order valence-corrected chi connectivity index (χ2v) is 6.18. The maximum atomic E-state index is 13.1. The lowest BCUT2D eigenvalue weighted by Gasteiger charge is -2.33. The standard InChI is InChI=1S/C18H18FN5O/c19-14-3-5-15(6-4-14)24-13-21-10-17(24)18(25)22-8-1-2-16(11-22)23-9-7-20-12-23/h3-7,9-10,12-13,16H,1-2,8,11H2/t16-/m1/s1. The fraction of sp³-hybridized carbons (Fsp3) is 0.278. The fourth-order valence-corrected chi connectivity index (χ4v) is 3.29. The molecular formula is C18H18FN5O. The quantitative estimate of drug-likeness (QED) is 0.737. The van der Waals surface area contributed by atoms with Crippen molar-refractivity contribution in [2.45, 2.75) is 18.9 Å². The van der Waals surface area contributed by atoms with Gasteiger partial charge in [0, 0.05) is 31.2 Å². The highest BCUT2D eigenvalue weighted by atomic mass is 19.1. The molecule has 1 aliphatic heterocycles. The molecule has 7 heteroatoms. The number of halogens is 1. The van der Waals surface area contributed by atoms with E-state index in [1.54, 1.807) is 41.7 Å². The van der Waals surface area contributed by atoms with Crippen LogP contribution < -0.4 is 0 Å². The van der Waals surface area contributed by atoms with Crippen LogP contribution in [0.15, 0.2) is 55.5 Å². The first-order valence-electron chi connectivity index (χ1n) is 8.27. The van der Waals surface area contributed by atoms with Crippen molar-refractivity contribution in [3.63, 3.8) is 0 Å².